The average molecular weight is 397 g/mol. The van der Waals surface area contributed by atoms with Crippen LogP contribution in [0.3, 0.4) is 0 Å². The molecule has 0 spiro atoms. The molecule has 3 N–H and O–H groups in total. The van der Waals surface area contributed by atoms with Crippen molar-refractivity contribution in [3.8, 4) is 11.5 Å². The molecule has 0 fully saturated rings. The van der Waals surface area contributed by atoms with E-state index in [2.05, 4.69) is 11.9 Å². The largest absolute Gasteiger partial charge is 0.493 e. The number of nitrogen functional groups attached to an aromatic ring is 1. The van der Waals surface area contributed by atoms with Crippen LogP contribution in [0.1, 0.15) is 31.7 Å². The quantitative estimate of drug-likeness (QED) is 0.427. The van der Waals surface area contributed by atoms with E-state index in [0.717, 1.165) is 24.8 Å². The molecular weight excluding hydrogens is 370 g/mol. The lowest BCUT2D eigenvalue weighted by molar-refractivity contribution is 0.289. The molecular formula is C22H27N3O4. The summed E-state index contributed by atoms with van der Waals surface area (Å²) >= 11 is 0. The van der Waals surface area contributed by atoms with Crippen LogP contribution in [0.2, 0.25) is 0 Å². The highest BCUT2D eigenvalue weighted by Crippen LogP contribution is 2.32. The molecule has 0 atom stereocenters. The fraction of sp³-hybridized carbons (Fsp3) is 0.364. The number of nitrogens with zero attached hydrogens (tertiary/aromatic N) is 1. The van der Waals surface area contributed by atoms with Crippen molar-refractivity contribution in [2.75, 3.05) is 19.5 Å². The number of benzene rings is 2. The summed E-state index contributed by atoms with van der Waals surface area (Å²) < 4.78 is 12.5. The molecule has 0 aliphatic rings. The van der Waals surface area contributed by atoms with Crippen molar-refractivity contribution < 1.29 is 9.47 Å². The Kier molecular flexibility index (Phi) is 6.59. The SMILES string of the molecule is CCCCCOc1c(OC)ccc2c(=O)n(CCc3ccc(N)cc3)c(=O)[nH]c12. The standard InChI is InChI=1S/C22H27N3O4/c1-3-4-5-14-29-20-18(28-2)11-10-17-19(20)24-22(27)25(21(17)26)13-12-15-6-8-16(23)9-7-15/h6-11H,3-5,12-14,23H2,1-2H3,(H,24,27). The summed E-state index contributed by atoms with van der Waals surface area (Å²) in [5.74, 6) is 0.893. The van der Waals surface area contributed by atoms with E-state index in [4.69, 9.17) is 15.2 Å². The van der Waals surface area contributed by atoms with Gasteiger partial charge in [0.25, 0.3) is 5.56 Å². The Labute approximate surface area is 169 Å². The minimum Gasteiger partial charge on any atom is -0.493 e. The predicted molar refractivity (Wildman–Crippen MR) is 115 cm³/mol. The number of rotatable bonds is 9. The zero-order valence-electron chi connectivity index (χ0n) is 16.9. The lowest BCUT2D eigenvalue weighted by Crippen LogP contribution is -2.35. The van der Waals surface area contributed by atoms with E-state index < -0.39 is 5.69 Å². The molecule has 0 aliphatic carbocycles. The number of hydrogen-bond acceptors (Lipinski definition) is 5. The number of aromatic amines is 1. The van der Waals surface area contributed by atoms with Crippen LogP contribution in [0.5, 0.6) is 11.5 Å². The van der Waals surface area contributed by atoms with Gasteiger partial charge in [-0.15, -0.1) is 0 Å². The molecule has 0 saturated heterocycles. The fourth-order valence-corrected chi connectivity index (χ4v) is 3.24. The molecule has 0 unspecified atom stereocenters. The molecule has 3 aromatic rings. The number of fused-ring (bicyclic) bond motifs is 1. The number of anilines is 1. The van der Waals surface area contributed by atoms with E-state index in [1.807, 2.05) is 12.1 Å². The second kappa shape index (κ2) is 9.32. The number of methoxy groups -OCH3 is 1. The lowest BCUT2D eigenvalue weighted by Gasteiger charge is -2.14. The van der Waals surface area contributed by atoms with Gasteiger partial charge in [-0.3, -0.25) is 9.36 Å². The van der Waals surface area contributed by atoms with Gasteiger partial charge >= 0.3 is 5.69 Å². The van der Waals surface area contributed by atoms with E-state index in [0.29, 0.717) is 41.1 Å². The van der Waals surface area contributed by atoms with E-state index in [-0.39, 0.29) is 12.1 Å². The van der Waals surface area contributed by atoms with Crippen LogP contribution in [0, 0.1) is 0 Å². The Morgan fingerprint density at radius 2 is 1.83 bits per heavy atom. The van der Waals surface area contributed by atoms with Crippen LogP contribution in [0.15, 0.2) is 46.0 Å². The van der Waals surface area contributed by atoms with Crippen LogP contribution in [0.4, 0.5) is 5.69 Å². The zero-order valence-corrected chi connectivity index (χ0v) is 16.9. The first-order chi connectivity index (χ1) is 14.0. The summed E-state index contributed by atoms with van der Waals surface area (Å²) in [4.78, 5) is 28.4. The van der Waals surface area contributed by atoms with Crippen LogP contribution in [-0.2, 0) is 13.0 Å². The van der Waals surface area contributed by atoms with Gasteiger partial charge in [-0.1, -0.05) is 31.9 Å². The third-order valence-electron chi connectivity index (χ3n) is 4.89. The molecule has 154 valence electrons. The van der Waals surface area contributed by atoms with Crippen molar-refractivity contribution in [3.63, 3.8) is 0 Å². The number of aromatic nitrogens is 2. The first-order valence-electron chi connectivity index (χ1n) is 9.86. The molecule has 7 heteroatoms. The molecule has 1 aromatic heterocycles. The van der Waals surface area contributed by atoms with Crippen LogP contribution >= 0.6 is 0 Å². The summed E-state index contributed by atoms with van der Waals surface area (Å²) in [7, 11) is 1.53. The normalized spacial score (nSPS) is 11.0. The van der Waals surface area contributed by atoms with Crippen LogP contribution in [-0.4, -0.2) is 23.3 Å². The van der Waals surface area contributed by atoms with Crippen molar-refractivity contribution in [3.05, 3.63) is 62.8 Å². The first-order valence-corrected chi connectivity index (χ1v) is 9.86. The summed E-state index contributed by atoms with van der Waals surface area (Å²) in [5.41, 5.74) is 6.94. The highest BCUT2D eigenvalue weighted by Gasteiger charge is 2.16. The van der Waals surface area contributed by atoms with E-state index in [9.17, 15) is 9.59 Å². The second-order valence-corrected chi connectivity index (χ2v) is 6.95. The molecule has 0 aliphatic heterocycles. The molecule has 29 heavy (non-hydrogen) atoms. The monoisotopic (exact) mass is 397 g/mol. The maximum absolute atomic E-state index is 13.0. The topological polar surface area (TPSA) is 99.3 Å². The van der Waals surface area contributed by atoms with Gasteiger partial charge in [0.2, 0.25) is 0 Å². The third-order valence-corrected chi connectivity index (χ3v) is 4.89. The highest BCUT2D eigenvalue weighted by molar-refractivity contribution is 5.86. The summed E-state index contributed by atoms with van der Waals surface area (Å²) in [6, 6.07) is 10.7. The number of H-pyrrole nitrogens is 1. The average Bonchev–Trinajstić information content (AvgIpc) is 2.72. The van der Waals surface area contributed by atoms with Crippen LogP contribution in [0.25, 0.3) is 10.9 Å². The van der Waals surface area contributed by atoms with Gasteiger partial charge in [-0.2, -0.15) is 0 Å². The second-order valence-electron chi connectivity index (χ2n) is 6.95. The lowest BCUT2D eigenvalue weighted by atomic mass is 10.1. The predicted octanol–water partition coefficient (Wildman–Crippen LogP) is 3.09. The highest BCUT2D eigenvalue weighted by atomic mass is 16.5. The van der Waals surface area contributed by atoms with Gasteiger partial charge in [0, 0.05) is 12.2 Å². The Hall–Kier alpha value is -3.22. The first kappa shape index (κ1) is 20.5. The van der Waals surface area contributed by atoms with Crippen molar-refractivity contribution >= 4 is 16.6 Å². The van der Waals surface area contributed by atoms with Crippen molar-refractivity contribution in [1.82, 2.24) is 9.55 Å². The Morgan fingerprint density at radius 3 is 2.52 bits per heavy atom. The van der Waals surface area contributed by atoms with Gasteiger partial charge in [0.05, 0.1) is 19.1 Å². The molecule has 0 radical (unpaired) electrons. The molecule has 2 aromatic carbocycles. The number of unbranched alkanes of at least 4 members (excludes halogenated alkanes) is 2. The number of aryl methyl sites for hydroxylation is 1. The van der Waals surface area contributed by atoms with E-state index >= 15 is 0 Å². The molecule has 3 rings (SSSR count). The minimum atomic E-state index is -0.468. The zero-order chi connectivity index (χ0) is 20.8. The van der Waals surface area contributed by atoms with Crippen molar-refractivity contribution in [2.24, 2.45) is 0 Å². The molecule has 1 heterocycles. The summed E-state index contributed by atoms with van der Waals surface area (Å²) in [6.45, 7) is 2.88. The van der Waals surface area contributed by atoms with Gasteiger partial charge in [-0.05, 0) is 42.7 Å². The minimum absolute atomic E-state index is 0.271. The number of nitrogens with one attached hydrogen (secondary N) is 1. The van der Waals surface area contributed by atoms with Gasteiger partial charge < -0.3 is 20.2 Å². The van der Waals surface area contributed by atoms with Crippen LogP contribution < -0.4 is 26.5 Å². The Bertz CT molecular complexity index is 1080. The smallest absolute Gasteiger partial charge is 0.328 e. The third kappa shape index (κ3) is 4.62. The van der Waals surface area contributed by atoms with E-state index in [1.54, 1.807) is 24.3 Å². The molecule has 0 bridgehead atoms. The van der Waals surface area contributed by atoms with E-state index in [1.165, 1.54) is 11.7 Å². The number of ether oxygens (including phenoxy) is 2. The van der Waals surface area contributed by atoms with Gasteiger partial charge in [0.1, 0.15) is 5.52 Å². The summed E-state index contributed by atoms with van der Waals surface area (Å²) in [5, 5.41) is 0.396. The van der Waals surface area contributed by atoms with Gasteiger partial charge in [0.15, 0.2) is 11.5 Å². The fourth-order valence-electron chi connectivity index (χ4n) is 3.24. The number of nitrogens with two attached hydrogens (primary N) is 1. The summed E-state index contributed by atoms with van der Waals surface area (Å²) in [6.07, 6.45) is 3.55. The van der Waals surface area contributed by atoms with Crippen molar-refractivity contribution in [2.45, 2.75) is 39.2 Å². The maximum atomic E-state index is 13.0. The van der Waals surface area contributed by atoms with Gasteiger partial charge in [-0.25, -0.2) is 4.79 Å². The molecule has 0 amide bonds. The Balaban J connectivity index is 1.94. The number of hydrogen-bond donors (Lipinski definition) is 2. The maximum Gasteiger partial charge on any atom is 0.328 e. The molecule has 7 nitrogen and oxygen atoms in total. The van der Waals surface area contributed by atoms with Crippen molar-refractivity contribution in [1.29, 1.82) is 0 Å². The molecule has 0 saturated carbocycles. The Morgan fingerprint density at radius 1 is 1.07 bits per heavy atom.